The molecule has 0 spiro atoms. The smallest absolute Gasteiger partial charge is 0.243 e. The highest BCUT2D eigenvalue weighted by Gasteiger charge is 2.15. The van der Waals surface area contributed by atoms with Crippen molar-refractivity contribution in [1.82, 2.24) is 14.7 Å². The molecule has 6 nitrogen and oxygen atoms in total. The number of benzene rings is 1. The number of nitrogens with one attached hydrogen (secondary N) is 2. The average Bonchev–Trinajstić information content (AvgIpc) is 2.47. The molecule has 21 heavy (non-hydrogen) atoms. The number of rotatable bonds is 6. The molecule has 0 saturated carbocycles. The van der Waals surface area contributed by atoms with Crippen molar-refractivity contribution in [2.45, 2.75) is 18.4 Å². The molecule has 0 fully saturated rings. The van der Waals surface area contributed by atoms with Gasteiger partial charge in [-0.15, -0.1) is 0 Å². The Bertz CT molecular complexity index is 704. The first kappa shape index (κ1) is 15.3. The summed E-state index contributed by atoms with van der Waals surface area (Å²) in [4.78, 5) is 7.71. The predicted octanol–water partition coefficient (Wildman–Crippen LogP) is 1.53. The van der Waals surface area contributed by atoms with E-state index >= 15 is 0 Å². The fourth-order valence-electron chi connectivity index (χ4n) is 1.60. The van der Waals surface area contributed by atoms with Gasteiger partial charge in [0.2, 0.25) is 16.0 Å². The lowest BCUT2D eigenvalue weighted by Crippen LogP contribution is -2.24. The van der Waals surface area contributed by atoms with E-state index in [1.807, 2.05) is 6.92 Å². The van der Waals surface area contributed by atoms with E-state index in [0.717, 1.165) is 0 Å². The maximum absolute atomic E-state index is 13.4. The minimum Gasteiger partial charge on any atom is -0.355 e. The normalized spacial score (nSPS) is 11.3. The number of nitrogens with zero attached hydrogens (tertiary/aromatic N) is 2. The summed E-state index contributed by atoms with van der Waals surface area (Å²) in [5.41, 5.74) is 0.270. The Morgan fingerprint density at radius 1 is 1.19 bits per heavy atom. The molecule has 8 heteroatoms. The second-order valence-electron chi connectivity index (χ2n) is 4.19. The molecular weight excluding hydrogens is 295 g/mol. The SMILES string of the molecule is CCNc1ncc(S(=O)(=O)NCc2ccccc2F)cn1. The number of hydrogen-bond acceptors (Lipinski definition) is 5. The topological polar surface area (TPSA) is 84.0 Å². The van der Waals surface area contributed by atoms with Gasteiger partial charge in [-0.1, -0.05) is 18.2 Å². The van der Waals surface area contributed by atoms with E-state index in [2.05, 4.69) is 20.0 Å². The summed E-state index contributed by atoms with van der Waals surface area (Å²) in [5, 5.41) is 2.86. The van der Waals surface area contributed by atoms with Crippen molar-refractivity contribution in [3.05, 3.63) is 48.0 Å². The second kappa shape index (κ2) is 6.59. The van der Waals surface area contributed by atoms with E-state index in [1.54, 1.807) is 12.1 Å². The Balaban J connectivity index is 2.09. The van der Waals surface area contributed by atoms with Crippen molar-refractivity contribution in [3.8, 4) is 0 Å². The highest BCUT2D eigenvalue weighted by Crippen LogP contribution is 2.10. The maximum atomic E-state index is 13.4. The summed E-state index contributed by atoms with van der Waals surface area (Å²) in [6, 6.07) is 5.97. The van der Waals surface area contributed by atoms with Crippen LogP contribution < -0.4 is 10.0 Å². The van der Waals surface area contributed by atoms with Gasteiger partial charge in [-0.3, -0.25) is 0 Å². The highest BCUT2D eigenvalue weighted by molar-refractivity contribution is 7.89. The van der Waals surface area contributed by atoms with Crippen LogP contribution in [-0.2, 0) is 16.6 Å². The largest absolute Gasteiger partial charge is 0.355 e. The first-order valence-electron chi connectivity index (χ1n) is 6.32. The Morgan fingerprint density at radius 2 is 1.86 bits per heavy atom. The van der Waals surface area contributed by atoms with Crippen LogP contribution in [0.2, 0.25) is 0 Å². The molecule has 1 aromatic carbocycles. The van der Waals surface area contributed by atoms with Gasteiger partial charge in [0.1, 0.15) is 10.7 Å². The molecule has 1 aromatic heterocycles. The van der Waals surface area contributed by atoms with Crippen molar-refractivity contribution >= 4 is 16.0 Å². The van der Waals surface area contributed by atoms with Crippen molar-refractivity contribution in [3.63, 3.8) is 0 Å². The highest BCUT2D eigenvalue weighted by atomic mass is 32.2. The number of sulfonamides is 1. The third-order valence-electron chi connectivity index (χ3n) is 2.68. The summed E-state index contributed by atoms with van der Waals surface area (Å²) in [5.74, 6) is -0.107. The van der Waals surface area contributed by atoms with Crippen LogP contribution in [0.25, 0.3) is 0 Å². The first-order valence-corrected chi connectivity index (χ1v) is 7.80. The lowest BCUT2D eigenvalue weighted by Gasteiger charge is -2.07. The van der Waals surface area contributed by atoms with Gasteiger partial charge in [0.15, 0.2) is 0 Å². The fraction of sp³-hybridized carbons (Fsp3) is 0.231. The Morgan fingerprint density at radius 3 is 2.48 bits per heavy atom. The number of halogens is 1. The van der Waals surface area contributed by atoms with E-state index in [0.29, 0.717) is 12.5 Å². The van der Waals surface area contributed by atoms with E-state index in [-0.39, 0.29) is 17.0 Å². The van der Waals surface area contributed by atoms with E-state index in [4.69, 9.17) is 0 Å². The van der Waals surface area contributed by atoms with E-state index in [9.17, 15) is 12.8 Å². The summed E-state index contributed by atoms with van der Waals surface area (Å²) in [7, 11) is -3.78. The maximum Gasteiger partial charge on any atom is 0.243 e. The quantitative estimate of drug-likeness (QED) is 0.845. The third kappa shape index (κ3) is 3.96. The summed E-state index contributed by atoms with van der Waals surface area (Å²) in [6.45, 7) is 2.38. The molecule has 2 N–H and O–H groups in total. The average molecular weight is 310 g/mol. The van der Waals surface area contributed by atoms with Crippen LogP contribution in [-0.4, -0.2) is 24.9 Å². The minimum absolute atomic E-state index is 0.0690. The van der Waals surface area contributed by atoms with E-state index in [1.165, 1.54) is 24.5 Å². The lowest BCUT2D eigenvalue weighted by molar-refractivity contribution is 0.573. The monoisotopic (exact) mass is 310 g/mol. The summed E-state index contributed by atoms with van der Waals surface area (Å²) < 4.78 is 39.9. The van der Waals surface area contributed by atoms with Gasteiger partial charge in [0.25, 0.3) is 0 Å². The molecule has 2 rings (SSSR count). The van der Waals surface area contributed by atoms with Gasteiger partial charge < -0.3 is 5.32 Å². The Labute approximate surface area is 122 Å². The van der Waals surface area contributed by atoms with Gasteiger partial charge in [-0.2, -0.15) is 0 Å². The molecular formula is C13H15FN4O2S. The Kier molecular flexibility index (Phi) is 4.81. The van der Waals surface area contributed by atoms with Gasteiger partial charge in [0, 0.05) is 18.7 Å². The second-order valence-corrected chi connectivity index (χ2v) is 5.96. The molecule has 0 atom stereocenters. The Hall–Kier alpha value is -2.06. The van der Waals surface area contributed by atoms with Crippen LogP contribution in [0, 0.1) is 5.82 Å². The molecule has 0 aliphatic carbocycles. The summed E-state index contributed by atoms with van der Waals surface area (Å²) >= 11 is 0. The zero-order valence-corrected chi connectivity index (χ0v) is 12.2. The molecule has 0 saturated heterocycles. The first-order chi connectivity index (χ1) is 10.0. The van der Waals surface area contributed by atoms with Crippen LogP contribution >= 0.6 is 0 Å². The zero-order chi connectivity index (χ0) is 15.3. The predicted molar refractivity (Wildman–Crippen MR) is 76.6 cm³/mol. The fourth-order valence-corrected chi connectivity index (χ4v) is 2.50. The van der Waals surface area contributed by atoms with Crippen LogP contribution in [0.5, 0.6) is 0 Å². The molecule has 0 aliphatic heterocycles. The van der Waals surface area contributed by atoms with Gasteiger partial charge in [-0.25, -0.2) is 27.5 Å². The summed E-state index contributed by atoms with van der Waals surface area (Å²) in [6.07, 6.45) is 2.41. The molecule has 0 unspecified atom stereocenters. The van der Waals surface area contributed by atoms with Gasteiger partial charge in [-0.05, 0) is 13.0 Å². The number of aromatic nitrogens is 2. The van der Waals surface area contributed by atoms with Crippen LogP contribution in [0.15, 0.2) is 41.6 Å². The van der Waals surface area contributed by atoms with Gasteiger partial charge in [0.05, 0.1) is 12.4 Å². The van der Waals surface area contributed by atoms with Crippen molar-refractivity contribution in [2.24, 2.45) is 0 Å². The number of hydrogen-bond donors (Lipinski definition) is 2. The molecule has 0 bridgehead atoms. The van der Waals surface area contributed by atoms with E-state index < -0.39 is 15.8 Å². The zero-order valence-electron chi connectivity index (χ0n) is 11.4. The van der Waals surface area contributed by atoms with Crippen molar-refractivity contribution < 1.29 is 12.8 Å². The molecule has 112 valence electrons. The lowest BCUT2D eigenvalue weighted by atomic mass is 10.2. The minimum atomic E-state index is -3.78. The van der Waals surface area contributed by atoms with Crippen LogP contribution in [0.3, 0.4) is 0 Å². The van der Waals surface area contributed by atoms with Gasteiger partial charge >= 0.3 is 0 Å². The molecule has 1 heterocycles. The molecule has 2 aromatic rings. The van der Waals surface area contributed by atoms with Crippen LogP contribution in [0.1, 0.15) is 12.5 Å². The molecule has 0 radical (unpaired) electrons. The van der Waals surface area contributed by atoms with Crippen LogP contribution in [0.4, 0.5) is 10.3 Å². The molecule has 0 aliphatic rings. The third-order valence-corrected chi connectivity index (χ3v) is 4.04. The van der Waals surface area contributed by atoms with Crippen molar-refractivity contribution in [2.75, 3.05) is 11.9 Å². The standard InChI is InChI=1S/C13H15FN4O2S/c1-2-15-13-16-8-11(9-17-13)21(19,20)18-7-10-5-3-4-6-12(10)14/h3-6,8-9,18H,2,7H2,1H3,(H,15,16,17). The molecule has 0 amide bonds. The number of anilines is 1. The van der Waals surface area contributed by atoms with Crippen molar-refractivity contribution in [1.29, 1.82) is 0 Å².